The maximum atomic E-state index is 9.96. The van der Waals surface area contributed by atoms with Crippen molar-refractivity contribution in [2.75, 3.05) is 0 Å². The highest BCUT2D eigenvalue weighted by Crippen LogP contribution is 2.31. The highest BCUT2D eigenvalue weighted by molar-refractivity contribution is 7.10. The first-order chi connectivity index (χ1) is 6.40. The average Bonchev–Trinajstić information content (AvgIpc) is 2.46. The van der Waals surface area contributed by atoms with Crippen LogP contribution in [0.25, 0.3) is 0 Å². The Morgan fingerprint density at radius 1 is 1.43 bits per heavy atom. The van der Waals surface area contributed by atoms with Crippen molar-refractivity contribution in [3.63, 3.8) is 0 Å². The second-order valence-corrected chi connectivity index (χ2v) is 6.03. The fourth-order valence-electron chi connectivity index (χ4n) is 1.43. The fraction of sp³-hybridized carbons (Fsp3) is 0.667. The Kier molecular flexibility index (Phi) is 3.73. The Balaban J connectivity index is 2.51. The predicted molar refractivity (Wildman–Crippen MR) is 62.7 cm³/mol. The Labute approximate surface area is 90.8 Å². The molecule has 2 heteroatoms. The van der Waals surface area contributed by atoms with E-state index in [4.69, 9.17) is 0 Å². The van der Waals surface area contributed by atoms with Gasteiger partial charge in [0.2, 0.25) is 0 Å². The molecule has 1 heterocycles. The standard InChI is InChI=1S/C12H20OS/c1-9-6-8-14-11(9)10(13)5-7-12(2,3)4/h6,8,10,13H,5,7H2,1-4H3. The Hall–Kier alpha value is -0.340. The summed E-state index contributed by atoms with van der Waals surface area (Å²) in [6, 6.07) is 2.07. The zero-order valence-corrected chi connectivity index (χ0v) is 10.3. The molecule has 0 saturated heterocycles. The molecule has 1 aromatic heterocycles. The van der Waals surface area contributed by atoms with E-state index in [1.54, 1.807) is 11.3 Å². The molecule has 0 aliphatic rings. The molecule has 1 aromatic rings. The van der Waals surface area contributed by atoms with E-state index in [9.17, 15) is 5.11 Å². The molecule has 1 N–H and O–H groups in total. The first-order valence-electron chi connectivity index (χ1n) is 5.12. The van der Waals surface area contributed by atoms with Crippen molar-refractivity contribution in [3.05, 3.63) is 21.9 Å². The molecule has 0 saturated carbocycles. The number of rotatable bonds is 3. The molecule has 0 bridgehead atoms. The zero-order valence-electron chi connectivity index (χ0n) is 9.50. The summed E-state index contributed by atoms with van der Waals surface area (Å²) in [4.78, 5) is 1.13. The summed E-state index contributed by atoms with van der Waals surface area (Å²) in [6.07, 6.45) is 1.66. The van der Waals surface area contributed by atoms with Crippen LogP contribution in [0.5, 0.6) is 0 Å². The van der Waals surface area contributed by atoms with Crippen molar-refractivity contribution in [2.45, 2.75) is 46.6 Å². The van der Waals surface area contributed by atoms with Crippen LogP contribution in [0, 0.1) is 12.3 Å². The van der Waals surface area contributed by atoms with E-state index >= 15 is 0 Å². The largest absolute Gasteiger partial charge is 0.388 e. The summed E-state index contributed by atoms with van der Waals surface area (Å²) in [6.45, 7) is 8.69. The topological polar surface area (TPSA) is 20.2 Å². The number of aliphatic hydroxyl groups excluding tert-OH is 1. The van der Waals surface area contributed by atoms with Gasteiger partial charge in [0.25, 0.3) is 0 Å². The first-order valence-corrected chi connectivity index (χ1v) is 6.00. The van der Waals surface area contributed by atoms with Crippen molar-refractivity contribution in [1.29, 1.82) is 0 Å². The van der Waals surface area contributed by atoms with Gasteiger partial charge in [0.1, 0.15) is 0 Å². The third-order valence-electron chi connectivity index (χ3n) is 2.37. The quantitative estimate of drug-likeness (QED) is 0.805. The minimum absolute atomic E-state index is 0.269. The van der Waals surface area contributed by atoms with Crippen LogP contribution in [-0.4, -0.2) is 5.11 Å². The van der Waals surface area contributed by atoms with Crippen LogP contribution in [-0.2, 0) is 0 Å². The zero-order chi connectivity index (χ0) is 10.8. The molecule has 0 radical (unpaired) electrons. The molecule has 1 atom stereocenters. The second kappa shape index (κ2) is 4.45. The Bertz CT molecular complexity index is 283. The summed E-state index contributed by atoms with van der Waals surface area (Å²) >= 11 is 1.66. The molecule has 1 rings (SSSR count). The van der Waals surface area contributed by atoms with Crippen molar-refractivity contribution < 1.29 is 5.11 Å². The fourth-order valence-corrected chi connectivity index (χ4v) is 2.37. The van der Waals surface area contributed by atoms with Gasteiger partial charge in [-0.3, -0.25) is 0 Å². The van der Waals surface area contributed by atoms with Gasteiger partial charge in [-0.2, -0.15) is 0 Å². The summed E-state index contributed by atoms with van der Waals surface area (Å²) < 4.78 is 0. The SMILES string of the molecule is Cc1ccsc1C(O)CCC(C)(C)C. The molecule has 0 aromatic carbocycles. The van der Waals surface area contributed by atoms with Crippen molar-refractivity contribution >= 4 is 11.3 Å². The minimum atomic E-state index is -0.269. The highest BCUT2D eigenvalue weighted by atomic mass is 32.1. The summed E-state index contributed by atoms with van der Waals surface area (Å²) in [7, 11) is 0. The molecular formula is C12H20OS. The maximum absolute atomic E-state index is 9.96. The van der Waals surface area contributed by atoms with Gasteiger partial charge in [-0.15, -0.1) is 11.3 Å². The van der Waals surface area contributed by atoms with E-state index < -0.39 is 0 Å². The van der Waals surface area contributed by atoms with E-state index in [2.05, 4.69) is 33.8 Å². The van der Waals surface area contributed by atoms with Gasteiger partial charge in [-0.25, -0.2) is 0 Å². The van der Waals surface area contributed by atoms with E-state index in [1.807, 2.05) is 5.38 Å². The van der Waals surface area contributed by atoms with Gasteiger partial charge in [0.15, 0.2) is 0 Å². The summed E-state index contributed by atoms with van der Waals surface area (Å²) in [5.41, 5.74) is 1.53. The van der Waals surface area contributed by atoms with Gasteiger partial charge < -0.3 is 5.11 Å². The minimum Gasteiger partial charge on any atom is -0.388 e. The first kappa shape index (κ1) is 11.7. The molecule has 0 aliphatic heterocycles. The lowest BCUT2D eigenvalue weighted by atomic mass is 9.89. The van der Waals surface area contributed by atoms with Crippen LogP contribution in [0.2, 0.25) is 0 Å². The Morgan fingerprint density at radius 2 is 2.07 bits per heavy atom. The van der Waals surface area contributed by atoms with Crippen molar-refractivity contribution in [2.24, 2.45) is 5.41 Å². The maximum Gasteiger partial charge on any atom is 0.0884 e. The smallest absolute Gasteiger partial charge is 0.0884 e. The predicted octanol–water partition coefficient (Wildman–Crippen LogP) is 3.92. The summed E-state index contributed by atoms with van der Waals surface area (Å²) in [5, 5.41) is 12.0. The van der Waals surface area contributed by atoms with Crippen LogP contribution in [0.15, 0.2) is 11.4 Å². The molecule has 0 fully saturated rings. The number of aliphatic hydroxyl groups is 1. The van der Waals surface area contributed by atoms with Gasteiger partial charge in [0.05, 0.1) is 6.10 Å². The second-order valence-electron chi connectivity index (χ2n) is 5.08. The van der Waals surface area contributed by atoms with E-state index in [0.717, 1.165) is 17.7 Å². The van der Waals surface area contributed by atoms with E-state index in [0.29, 0.717) is 5.41 Å². The molecule has 0 spiro atoms. The lowest BCUT2D eigenvalue weighted by Gasteiger charge is -2.20. The van der Waals surface area contributed by atoms with Crippen LogP contribution in [0.3, 0.4) is 0 Å². The van der Waals surface area contributed by atoms with Gasteiger partial charge in [-0.05, 0) is 42.2 Å². The third kappa shape index (κ3) is 3.43. The van der Waals surface area contributed by atoms with Crippen LogP contribution < -0.4 is 0 Å². The van der Waals surface area contributed by atoms with Crippen LogP contribution in [0.1, 0.15) is 50.2 Å². The van der Waals surface area contributed by atoms with Gasteiger partial charge >= 0.3 is 0 Å². The molecule has 1 unspecified atom stereocenters. The highest BCUT2D eigenvalue weighted by Gasteiger charge is 2.16. The van der Waals surface area contributed by atoms with E-state index in [1.165, 1.54) is 5.56 Å². The van der Waals surface area contributed by atoms with Crippen LogP contribution >= 0.6 is 11.3 Å². The van der Waals surface area contributed by atoms with Crippen molar-refractivity contribution in [3.8, 4) is 0 Å². The van der Waals surface area contributed by atoms with Gasteiger partial charge in [0, 0.05) is 4.88 Å². The monoisotopic (exact) mass is 212 g/mol. The van der Waals surface area contributed by atoms with Gasteiger partial charge in [-0.1, -0.05) is 20.8 Å². The molecule has 80 valence electrons. The molecule has 0 amide bonds. The lowest BCUT2D eigenvalue weighted by molar-refractivity contribution is 0.150. The van der Waals surface area contributed by atoms with Crippen LogP contribution in [0.4, 0.5) is 0 Å². The summed E-state index contributed by atoms with van der Waals surface area (Å²) in [5.74, 6) is 0. The number of hydrogen-bond donors (Lipinski definition) is 1. The van der Waals surface area contributed by atoms with Crippen molar-refractivity contribution in [1.82, 2.24) is 0 Å². The normalized spacial score (nSPS) is 14.4. The molecule has 1 nitrogen and oxygen atoms in total. The third-order valence-corrected chi connectivity index (χ3v) is 3.49. The van der Waals surface area contributed by atoms with E-state index in [-0.39, 0.29) is 6.10 Å². The molecule has 0 aliphatic carbocycles. The number of thiophene rings is 1. The number of aryl methyl sites for hydroxylation is 1. The Morgan fingerprint density at radius 3 is 2.50 bits per heavy atom. The average molecular weight is 212 g/mol. The lowest BCUT2D eigenvalue weighted by Crippen LogP contribution is -2.07. The number of hydrogen-bond acceptors (Lipinski definition) is 2. The molecular weight excluding hydrogens is 192 g/mol. The molecule has 14 heavy (non-hydrogen) atoms.